The normalized spacial score (nSPS) is 18.4. The van der Waals surface area contributed by atoms with E-state index in [1.807, 2.05) is 35.8 Å². The van der Waals surface area contributed by atoms with Crippen LogP contribution >= 0.6 is 0 Å². The quantitative estimate of drug-likeness (QED) is 0.448. The molecule has 0 bridgehead atoms. The van der Waals surface area contributed by atoms with E-state index in [4.69, 9.17) is 14.6 Å². The number of hydrogen-bond donors (Lipinski definition) is 1. The van der Waals surface area contributed by atoms with Crippen LogP contribution in [0.1, 0.15) is 40.8 Å². The second kappa shape index (κ2) is 7.87. The van der Waals surface area contributed by atoms with E-state index < -0.39 is 5.97 Å². The van der Waals surface area contributed by atoms with Gasteiger partial charge in [-0.2, -0.15) is 0 Å². The maximum absolute atomic E-state index is 14.0. The average molecular weight is 458 g/mol. The Balaban J connectivity index is 1.31. The molecule has 1 N–H and O–H groups in total. The highest BCUT2D eigenvalue weighted by molar-refractivity contribution is 5.79. The Labute approximate surface area is 195 Å². The summed E-state index contributed by atoms with van der Waals surface area (Å²) in [5.41, 5.74) is 5.51. The van der Waals surface area contributed by atoms with Crippen LogP contribution in [-0.4, -0.2) is 33.8 Å². The Morgan fingerprint density at radius 3 is 2.79 bits per heavy atom. The third-order valence-electron chi connectivity index (χ3n) is 6.78. The van der Waals surface area contributed by atoms with Gasteiger partial charge in [0.1, 0.15) is 23.1 Å². The zero-order valence-electron chi connectivity index (χ0n) is 18.6. The third kappa shape index (κ3) is 3.39. The van der Waals surface area contributed by atoms with E-state index in [0.29, 0.717) is 18.7 Å². The topological polar surface area (TPSA) is 73.6 Å². The van der Waals surface area contributed by atoms with Gasteiger partial charge in [-0.05, 0) is 43.2 Å². The van der Waals surface area contributed by atoms with E-state index >= 15 is 0 Å². The first kappa shape index (κ1) is 20.7. The van der Waals surface area contributed by atoms with Crippen molar-refractivity contribution >= 4 is 17.0 Å². The van der Waals surface area contributed by atoms with Crippen molar-refractivity contribution in [3.8, 4) is 17.2 Å². The van der Waals surface area contributed by atoms with Crippen LogP contribution in [0.25, 0.3) is 16.7 Å². The van der Waals surface area contributed by atoms with Crippen LogP contribution in [0.15, 0.2) is 54.6 Å². The third-order valence-corrected chi connectivity index (χ3v) is 6.78. The van der Waals surface area contributed by atoms with Crippen LogP contribution in [0.2, 0.25) is 0 Å². The predicted octanol–water partition coefficient (Wildman–Crippen LogP) is 5.14. The molecule has 6 nitrogen and oxygen atoms in total. The first-order valence-corrected chi connectivity index (χ1v) is 11.4. The van der Waals surface area contributed by atoms with Crippen molar-refractivity contribution in [1.29, 1.82) is 0 Å². The summed E-state index contributed by atoms with van der Waals surface area (Å²) >= 11 is 0. The Bertz CT molecular complexity index is 1440. The molecule has 6 rings (SSSR count). The molecule has 0 aliphatic carbocycles. The van der Waals surface area contributed by atoms with Gasteiger partial charge in [-0.1, -0.05) is 24.3 Å². The molecule has 3 aromatic carbocycles. The lowest BCUT2D eigenvalue weighted by Gasteiger charge is -2.13. The Hall–Kier alpha value is -3.87. The Morgan fingerprint density at radius 1 is 1.09 bits per heavy atom. The van der Waals surface area contributed by atoms with Gasteiger partial charge < -0.3 is 14.6 Å². The lowest BCUT2D eigenvalue weighted by Crippen LogP contribution is -2.07. The van der Waals surface area contributed by atoms with Crippen LogP contribution in [-0.2, 0) is 11.2 Å². The second-order valence-corrected chi connectivity index (χ2v) is 9.01. The number of ether oxygens (including phenoxy) is 2. The number of imidazole rings is 1. The van der Waals surface area contributed by atoms with E-state index in [1.54, 1.807) is 6.07 Å². The van der Waals surface area contributed by atoms with Crippen molar-refractivity contribution in [3.05, 3.63) is 82.9 Å². The van der Waals surface area contributed by atoms with Crippen LogP contribution < -0.4 is 9.47 Å². The first-order chi connectivity index (χ1) is 16.5. The van der Waals surface area contributed by atoms with E-state index in [1.165, 1.54) is 12.1 Å². The van der Waals surface area contributed by atoms with Crippen molar-refractivity contribution in [3.63, 3.8) is 0 Å². The molecule has 2 aliphatic rings. The lowest BCUT2D eigenvalue weighted by molar-refractivity contribution is -0.137. The summed E-state index contributed by atoms with van der Waals surface area (Å²) in [4.78, 5) is 15.7. The number of halogens is 1. The van der Waals surface area contributed by atoms with Crippen molar-refractivity contribution in [2.75, 3.05) is 13.2 Å². The standard InChI is InChI=1S/C27H23FN2O4/c1-15-29-22-8-6-19(28)12-24(22)30(15)23-4-2-3-21-17(14-34-27(21)23)9-16-5-7-20-18(11-26(31)32)13-33-25(20)10-16/h2-8,10,12,17-18H,9,11,13-14H2,1H3,(H,31,32)/t17-,18-/m1/s1. The molecule has 2 atom stereocenters. The number of aromatic nitrogens is 2. The molecular weight excluding hydrogens is 435 g/mol. The number of nitrogens with zero attached hydrogens (tertiary/aromatic N) is 2. The molecule has 34 heavy (non-hydrogen) atoms. The summed E-state index contributed by atoms with van der Waals surface area (Å²) in [5, 5.41) is 9.12. The molecule has 172 valence electrons. The van der Waals surface area contributed by atoms with Crippen LogP contribution in [0.5, 0.6) is 11.5 Å². The molecule has 0 amide bonds. The maximum atomic E-state index is 14.0. The largest absolute Gasteiger partial charge is 0.493 e. The van der Waals surface area contributed by atoms with Gasteiger partial charge in [-0.25, -0.2) is 9.37 Å². The molecule has 0 fully saturated rings. The van der Waals surface area contributed by atoms with Crippen molar-refractivity contribution < 1.29 is 23.8 Å². The number of benzene rings is 3. The molecule has 0 unspecified atom stereocenters. The molecular formula is C27H23FN2O4. The van der Waals surface area contributed by atoms with Gasteiger partial charge in [0.15, 0.2) is 0 Å². The van der Waals surface area contributed by atoms with Gasteiger partial charge in [-0.15, -0.1) is 0 Å². The Kier molecular flexibility index (Phi) is 4.79. The molecule has 2 aliphatic heterocycles. The summed E-state index contributed by atoms with van der Waals surface area (Å²) in [5.74, 6) is 1.30. The minimum atomic E-state index is -0.815. The zero-order valence-corrected chi connectivity index (χ0v) is 18.6. The molecule has 0 spiro atoms. The van der Waals surface area contributed by atoms with Gasteiger partial charge in [-0.3, -0.25) is 9.36 Å². The first-order valence-electron chi connectivity index (χ1n) is 11.4. The number of carbonyl (C=O) groups is 1. The van der Waals surface area contributed by atoms with Gasteiger partial charge in [0.25, 0.3) is 0 Å². The van der Waals surface area contributed by atoms with Gasteiger partial charge in [0.2, 0.25) is 0 Å². The number of aliphatic carboxylic acids is 1. The maximum Gasteiger partial charge on any atom is 0.304 e. The van der Waals surface area contributed by atoms with Crippen molar-refractivity contribution in [2.24, 2.45) is 0 Å². The summed E-state index contributed by atoms with van der Waals surface area (Å²) in [7, 11) is 0. The monoisotopic (exact) mass is 458 g/mol. The van der Waals surface area contributed by atoms with Crippen LogP contribution in [0.3, 0.4) is 0 Å². The van der Waals surface area contributed by atoms with Crippen LogP contribution in [0.4, 0.5) is 4.39 Å². The minimum Gasteiger partial charge on any atom is -0.493 e. The predicted molar refractivity (Wildman–Crippen MR) is 125 cm³/mol. The molecule has 7 heteroatoms. The SMILES string of the molecule is Cc1nc2ccc(F)cc2n1-c1cccc2c1OC[C@H]2Cc1ccc2c(c1)OC[C@H]2CC(=O)O. The number of hydrogen-bond acceptors (Lipinski definition) is 4. The number of carboxylic acid groups (broad SMARTS) is 1. The smallest absolute Gasteiger partial charge is 0.304 e. The molecule has 0 radical (unpaired) electrons. The van der Waals surface area contributed by atoms with E-state index in [-0.39, 0.29) is 24.1 Å². The summed E-state index contributed by atoms with van der Waals surface area (Å²) < 4.78 is 27.9. The van der Waals surface area contributed by atoms with Gasteiger partial charge >= 0.3 is 5.97 Å². The number of fused-ring (bicyclic) bond motifs is 3. The van der Waals surface area contributed by atoms with E-state index in [2.05, 4.69) is 17.1 Å². The fraction of sp³-hybridized carbons (Fsp3) is 0.259. The van der Waals surface area contributed by atoms with E-state index in [9.17, 15) is 9.18 Å². The minimum absolute atomic E-state index is 0.0746. The molecule has 0 saturated carbocycles. The molecule has 1 aromatic heterocycles. The summed E-state index contributed by atoms with van der Waals surface area (Å²) in [6, 6.07) is 16.8. The highest BCUT2D eigenvalue weighted by Crippen LogP contribution is 2.43. The van der Waals surface area contributed by atoms with E-state index in [0.717, 1.165) is 51.6 Å². The van der Waals surface area contributed by atoms with Gasteiger partial charge in [0.05, 0.1) is 36.4 Å². The van der Waals surface area contributed by atoms with Crippen LogP contribution in [0, 0.1) is 12.7 Å². The fourth-order valence-electron chi connectivity index (χ4n) is 5.22. The number of rotatable bonds is 5. The summed E-state index contributed by atoms with van der Waals surface area (Å²) in [6.45, 7) is 2.86. The number of para-hydroxylation sites is 1. The van der Waals surface area contributed by atoms with Crippen molar-refractivity contribution in [2.45, 2.75) is 31.6 Å². The second-order valence-electron chi connectivity index (χ2n) is 9.01. The molecule has 4 aromatic rings. The highest BCUT2D eigenvalue weighted by Gasteiger charge is 2.30. The fourth-order valence-corrected chi connectivity index (χ4v) is 5.22. The lowest BCUT2D eigenvalue weighted by atomic mass is 9.91. The summed E-state index contributed by atoms with van der Waals surface area (Å²) in [6.07, 6.45) is 0.847. The number of carboxylic acids is 1. The highest BCUT2D eigenvalue weighted by atomic mass is 19.1. The molecule has 0 saturated heterocycles. The zero-order chi connectivity index (χ0) is 23.4. The Morgan fingerprint density at radius 2 is 1.94 bits per heavy atom. The molecule has 3 heterocycles. The van der Waals surface area contributed by atoms with Crippen molar-refractivity contribution in [1.82, 2.24) is 9.55 Å². The van der Waals surface area contributed by atoms with Gasteiger partial charge in [0, 0.05) is 29.0 Å². The average Bonchev–Trinajstić information content (AvgIpc) is 3.48. The number of aryl methyl sites for hydroxylation is 1.